The van der Waals surface area contributed by atoms with Crippen LogP contribution in [0.5, 0.6) is 0 Å². The highest BCUT2D eigenvalue weighted by atomic mass is 35.5. The van der Waals surface area contributed by atoms with Crippen LogP contribution >= 0.6 is 23.2 Å². The first kappa shape index (κ1) is 19.2. The summed E-state index contributed by atoms with van der Waals surface area (Å²) in [4.78, 5) is 26.0. The highest BCUT2D eigenvalue weighted by Gasteiger charge is 2.29. The van der Waals surface area contributed by atoms with Crippen LogP contribution in [-0.2, 0) is 14.3 Å². The lowest BCUT2D eigenvalue weighted by Crippen LogP contribution is -2.50. The van der Waals surface area contributed by atoms with Gasteiger partial charge >= 0.3 is 0 Å². The fourth-order valence-corrected chi connectivity index (χ4v) is 2.35. The minimum absolute atomic E-state index is 0.136. The number of hydrogen-bond donors (Lipinski definition) is 1. The molecule has 2 amide bonds. The van der Waals surface area contributed by atoms with Crippen molar-refractivity contribution in [3.8, 4) is 6.07 Å². The number of ether oxygens (including phenoxy) is 1. The van der Waals surface area contributed by atoms with Gasteiger partial charge in [0.25, 0.3) is 5.91 Å². The third kappa shape index (κ3) is 5.10. The lowest BCUT2D eigenvalue weighted by molar-refractivity contribution is -0.128. The SMILES string of the molecule is CCC(C(=O)NCC#N)N(C(=O)COC)c1ccc(Cl)c(Cl)c1. The Bertz CT molecular complexity index is 616. The lowest BCUT2D eigenvalue weighted by atomic mass is 10.1. The fraction of sp³-hybridized carbons (Fsp3) is 0.400. The van der Waals surface area contributed by atoms with E-state index in [4.69, 9.17) is 33.2 Å². The number of carbonyl (C=O) groups is 2. The molecule has 1 atom stereocenters. The summed E-state index contributed by atoms with van der Waals surface area (Å²) in [6.45, 7) is 1.44. The van der Waals surface area contributed by atoms with Gasteiger partial charge in [0.2, 0.25) is 5.91 Å². The molecule has 0 aromatic heterocycles. The second kappa shape index (κ2) is 9.36. The maximum atomic E-state index is 12.4. The molecule has 0 bridgehead atoms. The minimum Gasteiger partial charge on any atom is -0.375 e. The smallest absolute Gasteiger partial charge is 0.253 e. The molecule has 23 heavy (non-hydrogen) atoms. The van der Waals surface area contributed by atoms with Crippen LogP contribution in [0.1, 0.15) is 13.3 Å². The Kier molecular flexibility index (Phi) is 7.83. The lowest BCUT2D eigenvalue weighted by Gasteiger charge is -2.30. The standard InChI is InChI=1S/C15H17Cl2N3O3/c1-3-13(15(22)19-7-6-18)20(14(21)9-23-2)10-4-5-11(16)12(17)8-10/h4-5,8,13H,3,7,9H2,1-2H3,(H,19,22). The number of benzene rings is 1. The zero-order valence-corrected chi connectivity index (χ0v) is 14.3. The van der Waals surface area contributed by atoms with Crippen molar-refractivity contribution in [2.24, 2.45) is 0 Å². The van der Waals surface area contributed by atoms with Gasteiger partial charge in [0.1, 0.15) is 19.2 Å². The van der Waals surface area contributed by atoms with Crippen LogP contribution in [-0.4, -0.2) is 38.1 Å². The molecule has 124 valence electrons. The second-order valence-corrected chi connectivity index (χ2v) is 5.41. The molecule has 0 saturated carbocycles. The van der Waals surface area contributed by atoms with Crippen molar-refractivity contribution in [2.45, 2.75) is 19.4 Å². The van der Waals surface area contributed by atoms with Gasteiger partial charge in [0.05, 0.1) is 16.1 Å². The van der Waals surface area contributed by atoms with Crippen molar-refractivity contribution in [3.63, 3.8) is 0 Å². The van der Waals surface area contributed by atoms with Crippen molar-refractivity contribution in [3.05, 3.63) is 28.2 Å². The van der Waals surface area contributed by atoms with Crippen LogP contribution in [0.15, 0.2) is 18.2 Å². The van der Waals surface area contributed by atoms with Crippen LogP contribution in [0, 0.1) is 11.3 Å². The van der Waals surface area contributed by atoms with Crippen LogP contribution in [0.25, 0.3) is 0 Å². The average molecular weight is 358 g/mol. The summed E-state index contributed by atoms with van der Waals surface area (Å²) >= 11 is 11.9. The van der Waals surface area contributed by atoms with Crippen LogP contribution in [0.4, 0.5) is 5.69 Å². The molecule has 8 heteroatoms. The Labute approximate surface area is 144 Å². The van der Waals surface area contributed by atoms with Gasteiger partial charge in [0.15, 0.2) is 0 Å². The Morgan fingerprint density at radius 3 is 2.61 bits per heavy atom. The molecule has 0 aliphatic rings. The van der Waals surface area contributed by atoms with Crippen molar-refractivity contribution in [2.75, 3.05) is 25.2 Å². The van der Waals surface area contributed by atoms with E-state index in [1.54, 1.807) is 19.1 Å². The Hall–Kier alpha value is -1.81. The summed E-state index contributed by atoms with van der Waals surface area (Å²) in [5, 5.41) is 11.7. The van der Waals surface area contributed by atoms with Gasteiger partial charge in [-0.15, -0.1) is 0 Å². The van der Waals surface area contributed by atoms with E-state index < -0.39 is 17.9 Å². The molecule has 0 aliphatic carbocycles. The van der Waals surface area contributed by atoms with Crippen molar-refractivity contribution in [1.82, 2.24) is 5.32 Å². The maximum absolute atomic E-state index is 12.4. The predicted octanol–water partition coefficient (Wildman–Crippen LogP) is 2.39. The van der Waals surface area contributed by atoms with Crippen LogP contribution in [0.2, 0.25) is 10.0 Å². The fourth-order valence-electron chi connectivity index (χ4n) is 2.06. The summed E-state index contributed by atoms with van der Waals surface area (Å²) in [6.07, 6.45) is 0.354. The van der Waals surface area contributed by atoms with Crippen molar-refractivity contribution < 1.29 is 14.3 Å². The number of carbonyl (C=O) groups excluding carboxylic acids is 2. The number of halogens is 2. The molecule has 6 nitrogen and oxygen atoms in total. The van der Waals surface area contributed by atoms with E-state index in [1.165, 1.54) is 18.1 Å². The predicted molar refractivity (Wildman–Crippen MR) is 88.5 cm³/mol. The topological polar surface area (TPSA) is 82.4 Å². The zero-order valence-electron chi connectivity index (χ0n) is 12.8. The second-order valence-electron chi connectivity index (χ2n) is 4.60. The summed E-state index contributed by atoms with van der Waals surface area (Å²) in [6, 6.07) is 5.70. The number of hydrogen-bond acceptors (Lipinski definition) is 4. The van der Waals surface area contributed by atoms with Crippen molar-refractivity contribution >= 4 is 40.7 Å². The van der Waals surface area contributed by atoms with E-state index in [0.717, 1.165) is 0 Å². The number of amides is 2. The summed E-state index contributed by atoms with van der Waals surface area (Å²) in [5.41, 5.74) is 0.431. The van der Waals surface area contributed by atoms with Crippen LogP contribution in [0.3, 0.4) is 0 Å². The minimum atomic E-state index is -0.789. The number of rotatable bonds is 7. The molecule has 1 aromatic rings. The molecule has 1 rings (SSSR count). The molecule has 0 aliphatic heterocycles. The van der Waals surface area contributed by atoms with E-state index in [0.29, 0.717) is 17.1 Å². The summed E-state index contributed by atoms with van der Waals surface area (Å²) < 4.78 is 4.88. The third-order valence-corrected chi connectivity index (χ3v) is 3.80. The number of nitrogens with zero attached hydrogens (tertiary/aromatic N) is 2. The van der Waals surface area contributed by atoms with Gasteiger partial charge in [-0.05, 0) is 24.6 Å². The first-order valence-electron chi connectivity index (χ1n) is 6.86. The molecule has 1 N–H and O–H groups in total. The largest absolute Gasteiger partial charge is 0.375 e. The number of nitriles is 1. The number of methoxy groups -OCH3 is 1. The monoisotopic (exact) mass is 357 g/mol. The van der Waals surface area contributed by atoms with Gasteiger partial charge in [0, 0.05) is 12.8 Å². The first-order valence-corrected chi connectivity index (χ1v) is 7.62. The van der Waals surface area contributed by atoms with Gasteiger partial charge in [-0.3, -0.25) is 14.5 Å². The molecule has 0 radical (unpaired) electrons. The highest BCUT2D eigenvalue weighted by Crippen LogP contribution is 2.29. The third-order valence-electron chi connectivity index (χ3n) is 3.06. The highest BCUT2D eigenvalue weighted by molar-refractivity contribution is 6.42. The molecular weight excluding hydrogens is 341 g/mol. The van der Waals surface area contributed by atoms with E-state index in [9.17, 15) is 9.59 Å². The Balaban J connectivity index is 3.21. The molecule has 0 saturated heterocycles. The maximum Gasteiger partial charge on any atom is 0.253 e. The first-order chi connectivity index (χ1) is 11.0. The molecular formula is C15H17Cl2N3O3. The van der Waals surface area contributed by atoms with Crippen molar-refractivity contribution in [1.29, 1.82) is 5.26 Å². The molecule has 0 fully saturated rings. The van der Waals surface area contributed by atoms with Gasteiger partial charge in [-0.2, -0.15) is 5.26 Å². The molecule has 1 aromatic carbocycles. The van der Waals surface area contributed by atoms with Crippen LogP contribution < -0.4 is 10.2 Å². The summed E-state index contributed by atoms with van der Waals surface area (Å²) in [7, 11) is 1.39. The quantitative estimate of drug-likeness (QED) is 0.759. The van der Waals surface area contributed by atoms with Gasteiger partial charge in [-0.25, -0.2) is 0 Å². The van der Waals surface area contributed by atoms with E-state index in [2.05, 4.69) is 5.32 Å². The summed E-state index contributed by atoms with van der Waals surface area (Å²) in [5.74, 6) is -0.825. The Morgan fingerprint density at radius 2 is 2.09 bits per heavy atom. The van der Waals surface area contributed by atoms with E-state index in [-0.39, 0.29) is 18.2 Å². The Morgan fingerprint density at radius 1 is 1.39 bits per heavy atom. The number of anilines is 1. The normalized spacial score (nSPS) is 11.4. The van der Waals surface area contributed by atoms with E-state index >= 15 is 0 Å². The average Bonchev–Trinajstić information content (AvgIpc) is 2.53. The molecule has 0 spiro atoms. The molecule has 1 unspecified atom stereocenters. The number of nitrogens with one attached hydrogen (secondary N) is 1. The molecule has 0 heterocycles. The van der Waals surface area contributed by atoms with Gasteiger partial charge < -0.3 is 10.1 Å². The zero-order chi connectivity index (χ0) is 17.4. The van der Waals surface area contributed by atoms with Gasteiger partial charge in [-0.1, -0.05) is 30.1 Å². The van der Waals surface area contributed by atoms with E-state index in [1.807, 2.05) is 6.07 Å².